The summed E-state index contributed by atoms with van der Waals surface area (Å²) in [5, 5.41) is 8.70. The molecule has 0 aliphatic rings. The van der Waals surface area contributed by atoms with Crippen LogP contribution in [0.15, 0.2) is 140 Å². The number of rotatable bonds is 2. The van der Waals surface area contributed by atoms with Gasteiger partial charge in [-0.1, -0.05) is 91.0 Å². The Morgan fingerprint density at radius 3 is 1.98 bits per heavy atom. The van der Waals surface area contributed by atoms with Gasteiger partial charge in [0.1, 0.15) is 5.82 Å². The van der Waals surface area contributed by atoms with E-state index in [1.54, 1.807) is 0 Å². The van der Waals surface area contributed by atoms with Crippen LogP contribution in [0.1, 0.15) is 0 Å². The first-order chi connectivity index (χ1) is 19.9. The van der Waals surface area contributed by atoms with E-state index in [1.807, 2.05) is 0 Å². The number of hydrogen-bond acceptors (Lipinski definition) is 1. The molecule has 3 aromatic heterocycles. The summed E-state index contributed by atoms with van der Waals surface area (Å²) in [4.78, 5) is 5.12. The van der Waals surface area contributed by atoms with Gasteiger partial charge in [0.2, 0.25) is 0 Å². The maximum Gasteiger partial charge on any atom is 0.138 e. The fraction of sp³-hybridized carbons (Fsp3) is 0. The molecule has 0 N–H and O–H groups in total. The third-order valence-electron chi connectivity index (χ3n) is 8.28. The van der Waals surface area contributed by atoms with Gasteiger partial charge in [0, 0.05) is 32.6 Å². The Kier molecular flexibility index (Phi) is 4.33. The first-order valence-corrected chi connectivity index (χ1v) is 13.7. The van der Waals surface area contributed by atoms with E-state index in [0.717, 1.165) is 33.4 Å². The van der Waals surface area contributed by atoms with Crippen LogP contribution in [0.4, 0.5) is 0 Å². The number of aromatic nitrogens is 3. The molecule has 0 amide bonds. The van der Waals surface area contributed by atoms with Gasteiger partial charge >= 0.3 is 0 Å². The molecule has 0 spiro atoms. The molecular formula is C37H23N3. The quantitative estimate of drug-likeness (QED) is 0.227. The largest absolute Gasteiger partial charge is 0.309 e. The van der Waals surface area contributed by atoms with Gasteiger partial charge < -0.3 is 4.57 Å². The minimum Gasteiger partial charge on any atom is -0.309 e. The smallest absolute Gasteiger partial charge is 0.138 e. The standard InChI is InChI=1S/C37H23N3/c1-2-12-26(13-3-1)39-32-21-18-24-10-4-6-14-27(24)35(32)29-20-22-33-36(37(29)39)28-15-7-9-17-31(28)40(33)34-23-19-25-11-5-8-16-30(25)38-34/h1-23H. The monoisotopic (exact) mass is 509 g/mol. The highest BCUT2D eigenvalue weighted by molar-refractivity contribution is 6.30. The lowest BCUT2D eigenvalue weighted by molar-refractivity contribution is 1.10. The van der Waals surface area contributed by atoms with E-state index in [2.05, 4.69) is 149 Å². The summed E-state index contributed by atoms with van der Waals surface area (Å²) in [6.45, 7) is 0. The number of pyridine rings is 1. The van der Waals surface area contributed by atoms with Crippen LogP contribution >= 0.6 is 0 Å². The van der Waals surface area contributed by atoms with Crippen molar-refractivity contribution >= 4 is 65.3 Å². The molecule has 3 heteroatoms. The Bertz CT molecular complexity index is 2430. The van der Waals surface area contributed by atoms with E-state index >= 15 is 0 Å². The van der Waals surface area contributed by atoms with Crippen LogP contribution in [0, 0.1) is 0 Å². The highest BCUT2D eigenvalue weighted by atomic mass is 15.1. The summed E-state index contributed by atoms with van der Waals surface area (Å²) in [6.07, 6.45) is 0. The predicted octanol–water partition coefficient (Wildman–Crippen LogP) is 9.58. The van der Waals surface area contributed by atoms with E-state index in [0.29, 0.717) is 0 Å². The fourth-order valence-corrected chi connectivity index (χ4v) is 6.60. The molecule has 0 radical (unpaired) electrons. The molecule has 0 fully saturated rings. The van der Waals surface area contributed by atoms with E-state index in [1.165, 1.54) is 43.4 Å². The van der Waals surface area contributed by atoms with Crippen LogP contribution in [0.5, 0.6) is 0 Å². The SMILES string of the molecule is c1ccc(-n2c3ccc4ccccc4c3c3ccc4c(c5ccccc5n4-c4ccc5ccccc5n4)c32)cc1. The fourth-order valence-electron chi connectivity index (χ4n) is 6.60. The third-order valence-corrected chi connectivity index (χ3v) is 8.28. The molecule has 40 heavy (non-hydrogen) atoms. The van der Waals surface area contributed by atoms with Gasteiger partial charge in [-0.05, 0) is 59.3 Å². The number of para-hydroxylation sites is 3. The van der Waals surface area contributed by atoms with Gasteiger partial charge in [-0.3, -0.25) is 4.57 Å². The summed E-state index contributed by atoms with van der Waals surface area (Å²) >= 11 is 0. The summed E-state index contributed by atoms with van der Waals surface area (Å²) < 4.78 is 4.77. The summed E-state index contributed by atoms with van der Waals surface area (Å²) in [6, 6.07) is 49.9. The van der Waals surface area contributed by atoms with Crippen molar-refractivity contribution in [3.05, 3.63) is 140 Å². The lowest BCUT2D eigenvalue weighted by atomic mass is 10.0. The van der Waals surface area contributed by atoms with Crippen molar-refractivity contribution in [3.8, 4) is 11.5 Å². The highest BCUT2D eigenvalue weighted by Gasteiger charge is 2.22. The van der Waals surface area contributed by atoms with Gasteiger partial charge in [0.25, 0.3) is 0 Å². The van der Waals surface area contributed by atoms with Crippen molar-refractivity contribution < 1.29 is 0 Å². The maximum atomic E-state index is 5.12. The first-order valence-electron chi connectivity index (χ1n) is 13.7. The minimum atomic E-state index is 0.928. The lowest BCUT2D eigenvalue weighted by Gasteiger charge is -2.10. The molecule has 0 saturated carbocycles. The second-order valence-corrected chi connectivity index (χ2v) is 10.4. The Morgan fingerprint density at radius 2 is 1.07 bits per heavy atom. The number of benzene rings is 6. The van der Waals surface area contributed by atoms with E-state index < -0.39 is 0 Å². The van der Waals surface area contributed by atoms with Crippen LogP contribution in [0.25, 0.3) is 76.8 Å². The Hall–Kier alpha value is -5.41. The summed E-state index contributed by atoms with van der Waals surface area (Å²) in [5.74, 6) is 0.928. The minimum absolute atomic E-state index is 0.928. The molecule has 0 aliphatic carbocycles. The molecule has 0 aliphatic heterocycles. The van der Waals surface area contributed by atoms with Gasteiger partial charge in [0.15, 0.2) is 0 Å². The van der Waals surface area contributed by atoms with Gasteiger partial charge in [0.05, 0.1) is 27.6 Å². The van der Waals surface area contributed by atoms with Crippen molar-refractivity contribution in [2.45, 2.75) is 0 Å². The lowest BCUT2D eigenvalue weighted by Crippen LogP contribution is -1.97. The van der Waals surface area contributed by atoms with Crippen LogP contribution in [-0.2, 0) is 0 Å². The highest BCUT2D eigenvalue weighted by Crippen LogP contribution is 2.43. The average Bonchev–Trinajstić information content (AvgIpc) is 3.54. The predicted molar refractivity (Wildman–Crippen MR) is 168 cm³/mol. The normalized spacial score (nSPS) is 12.0. The van der Waals surface area contributed by atoms with Crippen LogP contribution in [0.2, 0.25) is 0 Å². The zero-order valence-corrected chi connectivity index (χ0v) is 21.6. The number of fused-ring (bicyclic) bond motifs is 10. The molecule has 9 aromatic rings. The zero-order valence-electron chi connectivity index (χ0n) is 21.6. The van der Waals surface area contributed by atoms with Crippen LogP contribution in [0.3, 0.4) is 0 Å². The van der Waals surface area contributed by atoms with Crippen molar-refractivity contribution in [1.29, 1.82) is 0 Å². The molecule has 186 valence electrons. The number of nitrogens with zero attached hydrogens (tertiary/aromatic N) is 3. The Balaban J connectivity index is 1.52. The maximum absolute atomic E-state index is 5.12. The second-order valence-electron chi connectivity index (χ2n) is 10.4. The van der Waals surface area contributed by atoms with Gasteiger partial charge in [-0.15, -0.1) is 0 Å². The van der Waals surface area contributed by atoms with E-state index in [-0.39, 0.29) is 0 Å². The molecule has 0 bridgehead atoms. The van der Waals surface area contributed by atoms with Crippen molar-refractivity contribution in [2.75, 3.05) is 0 Å². The Morgan fingerprint density at radius 1 is 0.400 bits per heavy atom. The van der Waals surface area contributed by atoms with Gasteiger partial charge in [-0.25, -0.2) is 4.98 Å². The van der Waals surface area contributed by atoms with Crippen molar-refractivity contribution in [2.24, 2.45) is 0 Å². The second kappa shape index (κ2) is 8.05. The molecular weight excluding hydrogens is 486 g/mol. The van der Waals surface area contributed by atoms with Crippen LogP contribution in [-0.4, -0.2) is 14.1 Å². The van der Waals surface area contributed by atoms with Crippen LogP contribution < -0.4 is 0 Å². The van der Waals surface area contributed by atoms with Gasteiger partial charge in [-0.2, -0.15) is 0 Å². The van der Waals surface area contributed by atoms with E-state index in [9.17, 15) is 0 Å². The molecule has 0 saturated heterocycles. The molecule has 9 rings (SSSR count). The van der Waals surface area contributed by atoms with Crippen molar-refractivity contribution in [3.63, 3.8) is 0 Å². The first kappa shape index (κ1) is 21.5. The average molecular weight is 510 g/mol. The molecule has 3 nitrogen and oxygen atoms in total. The third kappa shape index (κ3) is 2.86. The summed E-state index contributed by atoms with van der Waals surface area (Å²) in [7, 11) is 0. The topological polar surface area (TPSA) is 22.8 Å². The molecule has 0 unspecified atom stereocenters. The molecule has 0 atom stereocenters. The Labute approximate surface area is 230 Å². The molecule has 6 aromatic carbocycles. The molecule has 3 heterocycles. The van der Waals surface area contributed by atoms with E-state index in [4.69, 9.17) is 4.98 Å². The van der Waals surface area contributed by atoms with Crippen molar-refractivity contribution in [1.82, 2.24) is 14.1 Å². The zero-order chi connectivity index (χ0) is 26.2. The summed E-state index contributed by atoms with van der Waals surface area (Å²) in [5.41, 5.74) is 6.91. The number of hydrogen-bond donors (Lipinski definition) is 0.